The van der Waals surface area contributed by atoms with Crippen molar-refractivity contribution >= 4 is 15.7 Å². The highest BCUT2D eigenvalue weighted by molar-refractivity contribution is 7.92. The monoisotopic (exact) mass is 251 g/mol. The molecule has 0 radical (unpaired) electrons. The molecule has 4 nitrogen and oxygen atoms in total. The van der Waals surface area contributed by atoms with Gasteiger partial charge in [-0.15, -0.1) is 6.42 Å². The van der Waals surface area contributed by atoms with Crippen molar-refractivity contribution in [1.29, 1.82) is 0 Å². The summed E-state index contributed by atoms with van der Waals surface area (Å²) in [7, 11) is -3.48. The first-order valence-electron chi connectivity index (χ1n) is 4.98. The third-order valence-corrected chi connectivity index (χ3v) is 3.30. The number of hydrogen-bond donors (Lipinski definition) is 1. The third-order valence-electron chi connectivity index (χ3n) is 1.99. The van der Waals surface area contributed by atoms with E-state index < -0.39 is 27.3 Å². The van der Waals surface area contributed by atoms with Gasteiger partial charge in [-0.3, -0.25) is 4.79 Å². The van der Waals surface area contributed by atoms with Gasteiger partial charge in [-0.05, 0) is 5.56 Å². The molecular formula is C12H13NO3S. The summed E-state index contributed by atoms with van der Waals surface area (Å²) >= 11 is 0. The van der Waals surface area contributed by atoms with Crippen molar-refractivity contribution in [3.63, 3.8) is 0 Å². The zero-order valence-corrected chi connectivity index (χ0v) is 10.0. The van der Waals surface area contributed by atoms with E-state index in [4.69, 9.17) is 6.42 Å². The second-order valence-electron chi connectivity index (χ2n) is 3.50. The Morgan fingerprint density at radius 3 is 2.53 bits per heavy atom. The lowest BCUT2D eigenvalue weighted by Crippen LogP contribution is -2.30. The smallest absolute Gasteiger partial charge is 0.235 e. The van der Waals surface area contributed by atoms with E-state index in [0.29, 0.717) is 6.54 Å². The Hall–Kier alpha value is -1.80. The molecule has 0 spiro atoms. The third kappa shape index (κ3) is 5.18. The zero-order valence-electron chi connectivity index (χ0n) is 9.22. The standard InChI is InChI=1S/C12H13NO3S/c1-2-8-17(15,16)10-12(14)13-9-11-6-4-3-5-7-11/h1,3-7H,8-10H2,(H,13,14). The van der Waals surface area contributed by atoms with Crippen LogP contribution in [0.25, 0.3) is 0 Å². The van der Waals surface area contributed by atoms with Crippen molar-refractivity contribution in [3.8, 4) is 12.3 Å². The maximum atomic E-state index is 11.3. The van der Waals surface area contributed by atoms with Crippen LogP contribution < -0.4 is 5.32 Å². The maximum Gasteiger partial charge on any atom is 0.235 e. The van der Waals surface area contributed by atoms with Crippen LogP contribution in [0.15, 0.2) is 30.3 Å². The van der Waals surface area contributed by atoms with Crippen molar-refractivity contribution in [2.45, 2.75) is 6.54 Å². The van der Waals surface area contributed by atoms with Crippen molar-refractivity contribution in [1.82, 2.24) is 5.32 Å². The fourth-order valence-electron chi connectivity index (χ4n) is 1.23. The molecule has 0 aromatic heterocycles. The second-order valence-corrected chi connectivity index (χ2v) is 5.56. The Bertz CT molecular complexity index is 514. The summed E-state index contributed by atoms with van der Waals surface area (Å²) in [6, 6.07) is 9.24. The average molecular weight is 251 g/mol. The van der Waals surface area contributed by atoms with E-state index in [1.54, 1.807) is 0 Å². The van der Waals surface area contributed by atoms with E-state index in [1.807, 2.05) is 36.3 Å². The number of benzene rings is 1. The predicted octanol–water partition coefficient (Wildman–Crippen LogP) is 0.351. The van der Waals surface area contributed by atoms with Crippen LogP contribution in [0.1, 0.15) is 5.56 Å². The molecule has 5 heteroatoms. The van der Waals surface area contributed by atoms with E-state index >= 15 is 0 Å². The van der Waals surface area contributed by atoms with Crippen molar-refractivity contribution in [3.05, 3.63) is 35.9 Å². The number of terminal acetylenes is 1. The number of rotatable bonds is 5. The van der Waals surface area contributed by atoms with Gasteiger partial charge in [0.05, 0.1) is 0 Å². The van der Waals surface area contributed by atoms with Gasteiger partial charge in [-0.1, -0.05) is 36.3 Å². The Kier molecular flexibility index (Phi) is 4.73. The summed E-state index contributed by atoms with van der Waals surface area (Å²) in [5.41, 5.74) is 0.912. The van der Waals surface area contributed by atoms with Crippen LogP contribution in [0.3, 0.4) is 0 Å². The number of hydrogen-bond acceptors (Lipinski definition) is 3. The quantitative estimate of drug-likeness (QED) is 0.768. The van der Waals surface area contributed by atoms with Gasteiger partial charge in [0.25, 0.3) is 0 Å². The first kappa shape index (κ1) is 13.3. The van der Waals surface area contributed by atoms with Crippen molar-refractivity contribution < 1.29 is 13.2 Å². The molecule has 0 aliphatic rings. The lowest BCUT2D eigenvalue weighted by molar-refractivity contribution is -0.118. The molecule has 1 aromatic rings. The lowest BCUT2D eigenvalue weighted by Gasteiger charge is -2.04. The van der Waals surface area contributed by atoms with Crippen molar-refractivity contribution in [2.24, 2.45) is 0 Å². The molecule has 0 aliphatic carbocycles. The number of carbonyl (C=O) groups is 1. The van der Waals surface area contributed by atoms with Crippen LogP contribution in [-0.4, -0.2) is 25.8 Å². The minimum absolute atomic E-state index is 0.311. The number of sulfone groups is 1. The highest BCUT2D eigenvalue weighted by Crippen LogP contribution is 1.97. The fourth-order valence-corrected chi connectivity index (χ4v) is 2.08. The molecule has 0 saturated carbocycles. The number of amides is 1. The first-order valence-corrected chi connectivity index (χ1v) is 6.80. The van der Waals surface area contributed by atoms with Crippen LogP contribution in [0.5, 0.6) is 0 Å². The molecule has 0 saturated heterocycles. The van der Waals surface area contributed by atoms with Crippen LogP contribution in [-0.2, 0) is 21.2 Å². The Morgan fingerprint density at radius 2 is 1.94 bits per heavy atom. The molecule has 0 bridgehead atoms. The topological polar surface area (TPSA) is 63.2 Å². The molecule has 1 N–H and O–H groups in total. The number of carbonyl (C=O) groups excluding carboxylic acids is 1. The Labute approximate surface area is 101 Å². The fraction of sp³-hybridized carbons (Fsp3) is 0.250. The summed E-state index contributed by atoms with van der Waals surface area (Å²) in [4.78, 5) is 11.3. The maximum absolute atomic E-state index is 11.3. The van der Waals surface area contributed by atoms with E-state index in [9.17, 15) is 13.2 Å². The van der Waals surface area contributed by atoms with E-state index in [-0.39, 0.29) is 0 Å². The van der Waals surface area contributed by atoms with E-state index in [1.165, 1.54) is 0 Å². The van der Waals surface area contributed by atoms with Gasteiger partial charge in [0, 0.05) is 6.54 Å². The van der Waals surface area contributed by atoms with Gasteiger partial charge in [0.15, 0.2) is 9.84 Å². The molecule has 0 fully saturated rings. The molecular weight excluding hydrogens is 238 g/mol. The minimum Gasteiger partial charge on any atom is -0.351 e. The molecule has 0 unspecified atom stereocenters. The Morgan fingerprint density at radius 1 is 1.29 bits per heavy atom. The molecule has 1 aromatic carbocycles. The number of nitrogens with one attached hydrogen (secondary N) is 1. The molecule has 17 heavy (non-hydrogen) atoms. The summed E-state index contributed by atoms with van der Waals surface area (Å²) < 4.78 is 22.5. The largest absolute Gasteiger partial charge is 0.351 e. The van der Waals surface area contributed by atoms with Gasteiger partial charge in [-0.2, -0.15) is 0 Å². The van der Waals surface area contributed by atoms with Crippen LogP contribution in [0.2, 0.25) is 0 Å². The van der Waals surface area contributed by atoms with Gasteiger partial charge in [0.1, 0.15) is 11.5 Å². The van der Waals surface area contributed by atoms with E-state index in [0.717, 1.165) is 5.56 Å². The SMILES string of the molecule is C#CCS(=O)(=O)CC(=O)NCc1ccccc1. The minimum atomic E-state index is -3.48. The van der Waals surface area contributed by atoms with Gasteiger partial charge in [0.2, 0.25) is 5.91 Å². The summed E-state index contributed by atoms with van der Waals surface area (Å²) in [6.45, 7) is 0.311. The molecule has 0 atom stereocenters. The van der Waals surface area contributed by atoms with Crippen LogP contribution in [0.4, 0.5) is 0 Å². The Balaban J connectivity index is 2.44. The molecule has 1 rings (SSSR count). The average Bonchev–Trinajstić information content (AvgIpc) is 2.27. The molecule has 1 amide bonds. The normalized spacial score (nSPS) is 10.5. The zero-order chi connectivity index (χ0) is 12.7. The summed E-state index contributed by atoms with van der Waals surface area (Å²) in [6.07, 6.45) is 4.89. The van der Waals surface area contributed by atoms with Gasteiger partial charge >= 0.3 is 0 Å². The summed E-state index contributed by atoms with van der Waals surface area (Å²) in [5, 5.41) is 2.53. The highest BCUT2D eigenvalue weighted by atomic mass is 32.2. The lowest BCUT2D eigenvalue weighted by atomic mass is 10.2. The highest BCUT2D eigenvalue weighted by Gasteiger charge is 2.14. The van der Waals surface area contributed by atoms with Gasteiger partial charge in [-0.25, -0.2) is 8.42 Å². The van der Waals surface area contributed by atoms with Crippen LogP contribution >= 0.6 is 0 Å². The van der Waals surface area contributed by atoms with Gasteiger partial charge < -0.3 is 5.32 Å². The summed E-state index contributed by atoms with van der Waals surface area (Å²) in [5.74, 6) is 0.505. The second kappa shape index (κ2) is 6.06. The predicted molar refractivity (Wildman–Crippen MR) is 65.8 cm³/mol. The molecule has 90 valence electrons. The first-order chi connectivity index (χ1) is 8.03. The molecule has 0 heterocycles. The van der Waals surface area contributed by atoms with Crippen LogP contribution in [0, 0.1) is 12.3 Å². The van der Waals surface area contributed by atoms with Crippen molar-refractivity contribution in [2.75, 3.05) is 11.5 Å². The van der Waals surface area contributed by atoms with E-state index in [2.05, 4.69) is 5.32 Å². The molecule has 0 aliphatic heterocycles.